The van der Waals surface area contributed by atoms with E-state index in [4.69, 9.17) is 34.6 Å². The van der Waals surface area contributed by atoms with Crippen molar-refractivity contribution >= 4 is 6.29 Å². The number of hydrogen-bond donors (Lipinski definition) is 1. The summed E-state index contributed by atoms with van der Waals surface area (Å²) in [5.41, 5.74) is -0.389. The van der Waals surface area contributed by atoms with Crippen LogP contribution in [0.25, 0.3) is 0 Å². The summed E-state index contributed by atoms with van der Waals surface area (Å²) in [5.74, 6) is -1.52. The minimum atomic E-state index is -0.859. The Bertz CT molecular complexity index is 1080. The number of nitriles is 2. The smallest absolute Gasteiger partial charge is 0.198 e. The summed E-state index contributed by atoms with van der Waals surface area (Å²) < 4.78 is 48.5. The number of halogens is 2. The Kier molecular flexibility index (Phi) is 11.8. The first-order valence-electron chi connectivity index (χ1n) is 10.5. The number of aliphatic hydroxyl groups is 1. The molecular formula is C24H26F2N2O6. The largest absolute Gasteiger partial charge is 0.490 e. The van der Waals surface area contributed by atoms with Crippen LogP contribution in [0, 0.1) is 34.3 Å². The van der Waals surface area contributed by atoms with Crippen LogP contribution in [0.5, 0.6) is 23.0 Å². The monoisotopic (exact) mass is 476 g/mol. The number of benzene rings is 2. The molecule has 0 aliphatic carbocycles. The highest BCUT2D eigenvalue weighted by molar-refractivity contribution is 5.81. The average molecular weight is 476 g/mol. The van der Waals surface area contributed by atoms with E-state index in [1.54, 1.807) is 39.8 Å². The number of ether oxygens (including phenoxy) is 4. The number of hydrogen-bond acceptors (Lipinski definition) is 8. The van der Waals surface area contributed by atoms with Gasteiger partial charge in [0.25, 0.3) is 0 Å². The van der Waals surface area contributed by atoms with Crippen molar-refractivity contribution in [1.29, 1.82) is 10.5 Å². The third-order valence-electron chi connectivity index (χ3n) is 4.18. The minimum Gasteiger partial charge on any atom is -0.490 e. The second-order valence-corrected chi connectivity index (χ2v) is 6.27. The highest BCUT2D eigenvalue weighted by Crippen LogP contribution is 2.35. The van der Waals surface area contributed by atoms with Crippen LogP contribution in [0.1, 0.15) is 54.7 Å². The molecule has 0 aliphatic heterocycles. The number of carbonyl (C=O) groups is 1. The van der Waals surface area contributed by atoms with Crippen LogP contribution < -0.4 is 18.9 Å². The van der Waals surface area contributed by atoms with Gasteiger partial charge in [-0.15, -0.1) is 0 Å². The quantitative estimate of drug-likeness (QED) is 0.504. The van der Waals surface area contributed by atoms with E-state index in [0.717, 1.165) is 0 Å². The molecule has 2 rings (SSSR count). The summed E-state index contributed by atoms with van der Waals surface area (Å²) in [6, 6.07) is 6.09. The van der Waals surface area contributed by atoms with Gasteiger partial charge in [-0.25, -0.2) is 8.78 Å². The summed E-state index contributed by atoms with van der Waals surface area (Å²) in [6.07, 6.45) is 0.417. The van der Waals surface area contributed by atoms with Gasteiger partial charge in [0.1, 0.15) is 17.7 Å². The predicted octanol–water partition coefficient (Wildman–Crippen LogP) is 4.29. The molecule has 0 saturated carbocycles. The highest BCUT2D eigenvalue weighted by atomic mass is 19.1. The number of carbonyl (C=O) groups excluding carboxylic acids is 1. The standard InChI is InChI=1S/C12H14FNO3.C12H12FNO3/c2*1-3-16-10-5-8(7-15)9(6-14)11(13)12(10)17-4-2/h5,15H,3-4,7H2,1-2H3;5,7H,3-4H2,1-2H3. The average Bonchev–Trinajstić information content (AvgIpc) is 2.83. The number of aliphatic hydroxyl groups excluding tert-OH is 1. The molecule has 0 aromatic heterocycles. The Morgan fingerprint density at radius 1 is 0.824 bits per heavy atom. The molecule has 8 nitrogen and oxygen atoms in total. The highest BCUT2D eigenvalue weighted by Gasteiger charge is 2.21. The van der Waals surface area contributed by atoms with Gasteiger partial charge in [0, 0.05) is 11.1 Å². The molecule has 0 aliphatic rings. The molecule has 0 atom stereocenters. The van der Waals surface area contributed by atoms with E-state index in [0.29, 0.717) is 19.5 Å². The summed E-state index contributed by atoms with van der Waals surface area (Å²) in [4.78, 5) is 10.7. The van der Waals surface area contributed by atoms with Crippen LogP contribution in [0.4, 0.5) is 8.78 Å². The molecule has 182 valence electrons. The second kappa shape index (κ2) is 14.3. The van der Waals surface area contributed by atoms with Crippen molar-refractivity contribution in [3.63, 3.8) is 0 Å². The van der Waals surface area contributed by atoms with Gasteiger partial charge < -0.3 is 24.1 Å². The molecule has 10 heteroatoms. The van der Waals surface area contributed by atoms with Crippen LogP contribution in [0.3, 0.4) is 0 Å². The van der Waals surface area contributed by atoms with Crippen molar-refractivity contribution in [3.05, 3.63) is 46.0 Å². The molecule has 34 heavy (non-hydrogen) atoms. The van der Waals surface area contributed by atoms with Gasteiger partial charge in [-0.05, 0) is 39.8 Å². The lowest BCUT2D eigenvalue weighted by molar-refractivity contribution is 0.112. The van der Waals surface area contributed by atoms with Gasteiger partial charge in [-0.2, -0.15) is 10.5 Å². The molecule has 0 spiro atoms. The van der Waals surface area contributed by atoms with Gasteiger partial charge >= 0.3 is 0 Å². The number of rotatable bonds is 10. The third-order valence-corrected chi connectivity index (χ3v) is 4.18. The lowest BCUT2D eigenvalue weighted by Crippen LogP contribution is -2.05. The molecule has 2 aromatic rings. The summed E-state index contributed by atoms with van der Waals surface area (Å²) in [5, 5.41) is 26.7. The zero-order valence-electron chi connectivity index (χ0n) is 19.4. The summed E-state index contributed by atoms with van der Waals surface area (Å²) in [7, 11) is 0. The van der Waals surface area contributed by atoms with Gasteiger partial charge in [-0.3, -0.25) is 4.79 Å². The maximum atomic E-state index is 14.0. The topological polar surface area (TPSA) is 122 Å². The van der Waals surface area contributed by atoms with E-state index < -0.39 is 18.2 Å². The lowest BCUT2D eigenvalue weighted by atomic mass is 10.1. The number of nitrogens with zero attached hydrogens (tertiary/aromatic N) is 2. The van der Waals surface area contributed by atoms with Crippen molar-refractivity contribution in [2.75, 3.05) is 26.4 Å². The Morgan fingerprint density at radius 2 is 1.26 bits per heavy atom. The predicted molar refractivity (Wildman–Crippen MR) is 118 cm³/mol. The van der Waals surface area contributed by atoms with Crippen molar-refractivity contribution < 1.29 is 37.6 Å². The van der Waals surface area contributed by atoms with E-state index in [-0.39, 0.29) is 58.5 Å². The minimum absolute atomic E-state index is 0.0445. The van der Waals surface area contributed by atoms with Crippen molar-refractivity contribution in [3.8, 4) is 35.1 Å². The normalized spacial score (nSPS) is 9.68. The third kappa shape index (κ3) is 6.56. The molecule has 0 heterocycles. The van der Waals surface area contributed by atoms with Crippen LogP contribution in [-0.4, -0.2) is 37.8 Å². The summed E-state index contributed by atoms with van der Waals surface area (Å²) in [6.45, 7) is 7.61. The zero-order valence-corrected chi connectivity index (χ0v) is 19.4. The van der Waals surface area contributed by atoms with Crippen LogP contribution >= 0.6 is 0 Å². The first kappa shape index (κ1) is 28.1. The molecule has 0 fully saturated rings. The van der Waals surface area contributed by atoms with E-state index in [1.165, 1.54) is 12.1 Å². The maximum Gasteiger partial charge on any atom is 0.198 e. The van der Waals surface area contributed by atoms with Crippen LogP contribution in [0.15, 0.2) is 12.1 Å². The fourth-order valence-electron chi connectivity index (χ4n) is 2.82. The van der Waals surface area contributed by atoms with Crippen molar-refractivity contribution in [2.45, 2.75) is 34.3 Å². The first-order valence-corrected chi connectivity index (χ1v) is 10.5. The molecule has 0 radical (unpaired) electrons. The van der Waals surface area contributed by atoms with E-state index in [9.17, 15) is 13.6 Å². The zero-order chi connectivity index (χ0) is 25.7. The molecule has 0 saturated heterocycles. The number of aldehydes is 1. The molecule has 2 aromatic carbocycles. The van der Waals surface area contributed by atoms with Gasteiger partial charge in [0.15, 0.2) is 40.9 Å². The fourth-order valence-corrected chi connectivity index (χ4v) is 2.82. The fraction of sp³-hybridized carbons (Fsp3) is 0.375. The maximum absolute atomic E-state index is 14.0. The Labute approximate surface area is 196 Å². The molecule has 0 unspecified atom stereocenters. The van der Waals surface area contributed by atoms with Crippen molar-refractivity contribution in [1.82, 2.24) is 0 Å². The molecule has 0 bridgehead atoms. The lowest BCUT2D eigenvalue weighted by Gasteiger charge is -2.14. The van der Waals surface area contributed by atoms with Gasteiger partial charge in [-0.1, -0.05) is 0 Å². The molecule has 0 amide bonds. The van der Waals surface area contributed by atoms with Crippen molar-refractivity contribution in [2.24, 2.45) is 0 Å². The Hall–Kier alpha value is -3.89. The Morgan fingerprint density at radius 3 is 1.65 bits per heavy atom. The summed E-state index contributed by atoms with van der Waals surface area (Å²) >= 11 is 0. The van der Waals surface area contributed by atoms with Crippen LogP contribution in [0.2, 0.25) is 0 Å². The van der Waals surface area contributed by atoms with E-state index in [1.807, 2.05) is 0 Å². The molecule has 1 N–H and O–H groups in total. The second-order valence-electron chi connectivity index (χ2n) is 6.27. The van der Waals surface area contributed by atoms with Crippen LogP contribution in [-0.2, 0) is 6.61 Å². The SMILES string of the molecule is CCOc1cc(C=O)c(C#N)c(F)c1OCC.CCOc1cc(CO)c(C#N)c(F)c1OCC. The van der Waals surface area contributed by atoms with E-state index >= 15 is 0 Å². The van der Waals surface area contributed by atoms with Gasteiger partial charge in [0.05, 0.1) is 38.6 Å². The molecular weight excluding hydrogens is 450 g/mol. The van der Waals surface area contributed by atoms with Gasteiger partial charge in [0.2, 0.25) is 0 Å². The Balaban J connectivity index is 0.000000340. The van der Waals surface area contributed by atoms with E-state index in [2.05, 4.69) is 0 Å². The first-order chi connectivity index (χ1) is 16.4.